The van der Waals surface area contributed by atoms with Crippen molar-refractivity contribution in [2.75, 3.05) is 0 Å². The van der Waals surface area contributed by atoms with Crippen LogP contribution in [0.1, 0.15) is 25.3 Å². The molecule has 0 aliphatic heterocycles. The van der Waals surface area contributed by atoms with Crippen LogP contribution >= 0.6 is 0 Å². The minimum atomic E-state index is -0.780. The third-order valence-corrected chi connectivity index (χ3v) is 3.07. The highest BCUT2D eigenvalue weighted by Crippen LogP contribution is 2.24. The zero-order valence-corrected chi connectivity index (χ0v) is 12.7. The van der Waals surface area contributed by atoms with Crippen molar-refractivity contribution in [2.24, 2.45) is 0 Å². The number of hydrogen-bond acceptors (Lipinski definition) is 5. The molecular weight excluding hydrogens is 300 g/mol. The number of para-hydroxylation sites is 3. The SMILES string of the molecule is CCCCc1ccccc1O.O=[N+]([O-])c1ccccc1[N+](=O)[O-]. The number of unbranched alkanes of at least 4 members (excludes halogenated alkanes) is 1. The standard InChI is InChI=1S/C10H14O.C6H4N2O4/c1-2-3-6-9-7-4-5-8-10(9)11;9-7(10)5-3-1-2-4-6(5)8(11)12/h4-5,7-8,11H,2-3,6H2,1H3;1-4H. The van der Waals surface area contributed by atoms with Crippen molar-refractivity contribution >= 4 is 11.4 Å². The first-order valence-corrected chi connectivity index (χ1v) is 7.12. The molecule has 0 amide bonds. The van der Waals surface area contributed by atoms with Crippen LogP contribution in [-0.2, 0) is 6.42 Å². The van der Waals surface area contributed by atoms with E-state index in [1.807, 2.05) is 18.2 Å². The lowest BCUT2D eigenvalue weighted by Gasteiger charge is -2.01. The maximum Gasteiger partial charge on any atom is 0.346 e. The molecule has 2 aromatic carbocycles. The third-order valence-electron chi connectivity index (χ3n) is 3.07. The monoisotopic (exact) mass is 318 g/mol. The molecule has 0 bridgehead atoms. The van der Waals surface area contributed by atoms with Crippen LogP contribution in [-0.4, -0.2) is 15.0 Å². The van der Waals surface area contributed by atoms with Crippen molar-refractivity contribution in [1.29, 1.82) is 0 Å². The Morgan fingerprint density at radius 1 is 0.913 bits per heavy atom. The van der Waals surface area contributed by atoms with Crippen LogP contribution in [0.25, 0.3) is 0 Å². The molecule has 2 rings (SSSR count). The van der Waals surface area contributed by atoms with Crippen LogP contribution in [0, 0.1) is 20.2 Å². The Hall–Kier alpha value is -2.96. The minimum Gasteiger partial charge on any atom is -0.508 e. The summed E-state index contributed by atoms with van der Waals surface area (Å²) in [6.07, 6.45) is 3.31. The third kappa shape index (κ3) is 5.74. The highest BCUT2D eigenvalue weighted by Gasteiger charge is 2.21. The lowest BCUT2D eigenvalue weighted by Crippen LogP contribution is -1.95. The zero-order valence-electron chi connectivity index (χ0n) is 12.7. The maximum atomic E-state index is 10.2. The van der Waals surface area contributed by atoms with Crippen molar-refractivity contribution in [3.05, 3.63) is 74.3 Å². The van der Waals surface area contributed by atoms with Crippen LogP contribution in [0.4, 0.5) is 11.4 Å². The molecule has 0 saturated heterocycles. The van der Waals surface area contributed by atoms with Gasteiger partial charge in [0.2, 0.25) is 0 Å². The van der Waals surface area contributed by atoms with Gasteiger partial charge in [-0.05, 0) is 24.5 Å². The second-order valence-corrected chi connectivity index (χ2v) is 4.74. The lowest BCUT2D eigenvalue weighted by atomic mass is 10.1. The second-order valence-electron chi connectivity index (χ2n) is 4.74. The molecule has 2 aromatic rings. The molecule has 0 fully saturated rings. The molecule has 0 saturated carbocycles. The molecule has 122 valence electrons. The molecule has 0 radical (unpaired) electrons. The number of nitro benzene ring substituents is 2. The van der Waals surface area contributed by atoms with E-state index in [1.54, 1.807) is 6.07 Å². The average Bonchev–Trinajstić information content (AvgIpc) is 2.54. The van der Waals surface area contributed by atoms with E-state index < -0.39 is 21.2 Å². The predicted octanol–water partition coefficient (Wildman–Crippen LogP) is 4.24. The predicted molar refractivity (Wildman–Crippen MR) is 86.5 cm³/mol. The van der Waals surface area contributed by atoms with Crippen LogP contribution in [0.2, 0.25) is 0 Å². The molecule has 0 spiro atoms. The van der Waals surface area contributed by atoms with Gasteiger partial charge in [0.1, 0.15) is 5.75 Å². The van der Waals surface area contributed by atoms with Crippen molar-refractivity contribution in [1.82, 2.24) is 0 Å². The second kappa shape index (κ2) is 9.14. The van der Waals surface area contributed by atoms with Crippen LogP contribution in [0.15, 0.2) is 48.5 Å². The van der Waals surface area contributed by atoms with E-state index in [9.17, 15) is 25.3 Å². The van der Waals surface area contributed by atoms with Crippen molar-refractivity contribution < 1.29 is 15.0 Å². The normalized spacial score (nSPS) is 9.61. The van der Waals surface area contributed by atoms with E-state index in [4.69, 9.17) is 0 Å². The zero-order chi connectivity index (χ0) is 17.2. The van der Waals surface area contributed by atoms with Crippen LogP contribution in [0.5, 0.6) is 5.75 Å². The topological polar surface area (TPSA) is 107 Å². The van der Waals surface area contributed by atoms with E-state index in [0.717, 1.165) is 30.5 Å². The first-order valence-electron chi connectivity index (χ1n) is 7.12. The average molecular weight is 318 g/mol. The summed E-state index contributed by atoms with van der Waals surface area (Å²) < 4.78 is 0. The van der Waals surface area contributed by atoms with Gasteiger partial charge in [0, 0.05) is 12.1 Å². The fourth-order valence-corrected chi connectivity index (χ4v) is 1.86. The number of phenolic OH excluding ortho intramolecular Hbond substituents is 1. The largest absolute Gasteiger partial charge is 0.508 e. The van der Waals surface area contributed by atoms with Gasteiger partial charge < -0.3 is 5.11 Å². The molecule has 0 heterocycles. The smallest absolute Gasteiger partial charge is 0.346 e. The molecule has 0 unspecified atom stereocenters. The summed E-state index contributed by atoms with van der Waals surface area (Å²) in [5.41, 5.74) is 0.0966. The first kappa shape index (κ1) is 18.1. The number of nitro groups is 2. The van der Waals surface area contributed by atoms with E-state index in [1.165, 1.54) is 18.6 Å². The molecule has 0 aromatic heterocycles. The van der Waals surface area contributed by atoms with Gasteiger partial charge in [-0.1, -0.05) is 43.7 Å². The molecule has 23 heavy (non-hydrogen) atoms. The highest BCUT2D eigenvalue weighted by atomic mass is 16.6. The van der Waals surface area contributed by atoms with Gasteiger partial charge in [-0.3, -0.25) is 20.2 Å². The van der Waals surface area contributed by atoms with E-state index in [2.05, 4.69) is 6.92 Å². The Morgan fingerprint density at radius 2 is 1.39 bits per heavy atom. The summed E-state index contributed by atoms with van der Waals surface area (Å²) in [7, 11) is 0. The van der Waals surface area contributed by atoms with Gasteiger partial charge >= 0.3 is 11.4 Å². The fraction of sp³-hybridized carbons (Fsp3) is 0.250. The summed E-state index contributed by atoms with van der Waals surface area (Å²) >= 11 is 0. The summed E-state index contributed by atoms with van der Waals surface area (Å²) in [5, 5.41) is 29.8. The summed E-state index contributed by atoms with van der Waals surface area (Å²) in [6, 6.07) is 12.5. The van der Waals surface area contributed by atoms with Crippen LogP contribution in [0.3, 0.4) is 0 Å². The van der Waals surface area contributed by atoms with Gasteiger partial charge in [-0.15, -0.1) is 0 Å². The van der Waals surface area contributed by atoms with Crippen molar-refractivity contribution in [2.45, 2.75) is 26.2 Å². The van der Waals surface area contributed by atoms with Gasteiger partial charge in [-0.25, -0.2) is 0 Å². The molecule has 0 atom stereocenters. The summed E-state index contributed by atoms with van der Waals surface area (Å²) in [6.45, 7) is 2.15. The van der Waals surface area contributed by atoms with E-state index in [0.29, 0.717) is 5.75 Å². The molecule has 0 aliphatic rings. The Morgan fingerprint density at radius 3 is 1.83 bits per heavy atom. The van der Waals surface area contributed by atoms with Gasteiger partial charge in [0.25, 0.3) is 0 Å². The quantitative estimate of drug-likeness (QED) is 0.655. The van der Waals surface area contributed by atoms with E-state index >= 15 is 0 Å². The number of phenols is 1. The molecule has 0 aliphatic carbocycles. The summed E-state index contributed by atoms with van der Waals surface area (Å²) in [5.74, 6) is 0.431. The van der Waals surface area contributed by atoms with Crippen molar-refractivity contribution in [3.8, 4) is 5.75 Å². The Balaban J connectivity index is 0.000000231. The van der Waals surface area contributed by atoms with Gasteiger partial charge in [-0.2, -0.15) is 0 Å². The number of hydrogen-bond donors (Lipinski definition) is 1. The van der Waals surface area contributed by atoms with Gasteiger partial charge in [0.05, 0.1) is 9.85 Å². The minimum absolute atomic E-state index is 0.431. The number of rotatable bonds is 5. The Bertz CT molecular complexity index is 640. The Labute approximate surface area is 133 Å². The number of aromatic hydroxyl groups is 1. The van der Waals surface area contributed by atoms with Crippen molar-refractivity contribution in [3.63, 3.8) is 0 Å². The lowest BCUT2D eigenvalue weighted by molar-refractivity contribution is -0.422. The number of benzene rings is 2. The van der Waals surface area contributed by atoms with Crippen LogP contribution < -0.4 is 0 Å². The molecule has 7 nitrogen and oxygen atoms in total. The molecule has 7 heteroatoms. The fourth-order valence-electron chi connectivity index (χ4n) is 1.86. The molecular formula is C16H18N2O5. The maximum absolute atomic E-state index is 10.2. The highest BCUT2D eigenvalue weighted by molar-refractivity contribution is 5.51. The first-order chi connectivity index (χ1) is 11.0. The Kier molecular flexibility index (Phi) is 7.19. The summed E-state index contributed by atoms with van der Waals surface area (Å²) in [4.78, 5) is 18.9. The number of aryl methyl sites for hydroxylation is 1. The molecule has 1 N–H and O–H groups in total. The van der Waals surface area contributed by atoms with E-state index in [-0.39, 0.29) is 0 Å². The van der Waals surface area contributed by atoms with Gasteiger partial charge in [0.15, 0.2) is 0 Å². The number of nitrogens with zero attached hydrogens (tertiary/aromatic N) is 2.